The minimum absolute atomic E-state index is 0.120. The van der Waals surface area contributed by atoms with E-state index in [4.69, 9.17) is 5.11 Å². The molecule has 1 aromatic rings. The molecule has 5 nitrogen and oxygen atoms in total. The first-order valence-electron chi connectivity index (χ1n) is 5.55. The monoisotopic (exact) mass is 349 g/mol. The normalized spacial score (nSPS) is 12.4. The first-order valence-corrected chi connectivity index (χ1v) is 7.83. The Hall–Kier alpha value is -0.920. The summed E-state index contributed by atoms with van der Waals surface area (Å²) in [5, 5.41) is 8.95. The van der Waals surface area contributed by atoms with Gasteiger partial charge in [0.25, 0.3) is 0 Å². The fourth-order valence-electron chi connectivity index (χ4n) is 1.22. The molecule has 0 aromatic heterocycles. The van der Waals surface area contributed by atoms with Crippen LogP contribution in [-0.4, -0.2) is 26.0 Å². The van der Waals surface area contributed by atoms with Crippen molar-refractivity contribution in [3.8, 4) is 0 Å². The summed E-state index contributed by atoms with van der Waals surface area (Å²) in [4.78, 5) is 11.1. The summed E-state index contributed by atoms with van der Waals surface area (Å²) in [6, 6.07) is 4.64. The smallest absolute Gasteiger partial charge is 0.310 e. The summed E-state index contributed by atoms with van der Waals surface area (Å²) in [5.41, 5.74) is -0.363. The highest BCUT2D eigenvalue weighted by molar-refractivity contribution is 9.10. The highest BCUT2D eigenvalue weighted by Gasteiger charge is 2.29. The standard InChI is InChI=1S/C12H16BrNO4S/c1-8-6-9(4-5-10(8)13)19(17,18)14-7-12(2,3)11(15)16/h4-6,14H,7H2,1-3H3,(H,15,16). The van der Waals surface area contributed by atoms with Gasteiger partial charge in [-0.15, -0.1) is 0 Å². The van der Waals surface area contributed by atoms with E-state index in [9.17, 15) is 13.2 Å². The van der Waals surface area contributed by atoms with E-state index in [1.54, 1.807) is 13.0 Å². The lowest BCUT2D eigenvalue weighted by Gasteiger charge is -2.19. The van der Waals surface area contributed by atoms with Gasteiger partial charge in [0.15, 0.2) is 0 Å². The van der Waals surface area contributed by atoms with E-state index in [2.05, 4.69) is 20.7 Å². The fourth-order valence-corrected chi connectivity index (χ4v) is 2.76. The number of aryl methyl sites for hydroxylation is 1. The Labute approximate surface area is 121 Å². The summed E-state index contributed by atoms with van der Waals surface area (Å²) in [5.74, 6) is -1.05. The Bertz CT molecular complexity index is 596. The molecule has 0 unspecified atom stereocenters. The Kier molecular flexibility index (Phi) is 4.76. The molecular formula is C12H16BrNO4S. The molecule has 0 spiro atoms. The predicted octanol–water partition coefficient (Wildman–Crippen LogP) is 2.15. The molecule has 0 atom stereocenters. The van der Waals surface area contributed by atoms with Crippen LogP contribution in [0.15, 0.2) is 27.6 Å². The van der Waals surface area contributed by atoms with Gasteiger partial charge in [0.1, 0.15) is 0 Å². The topological polar surface area (TPSA) is 83.5 Å². The molecule has 0 aliphatic rings. The maximum Gasteiger partial charge on any atom is 0.310 e. The average molecular weight is 350 g/mol. The van der Waals surface area contributed by atoms with Crippen LogP contribution in [0.5, 0.6) is 0 Å². The molecule has 2 N–H and O–H groups in total. The van der Waals surface area contributed by atoms with Crippen molar-refractivity contribution in [3.63, 3.8) is 0 Å². The Morgan fingerprint density at radius 3 is 2.47 bits per heavy atom. The molecule has 0 fully saturated rings. The van der Waals surface area contributed by atoms with Crippen LogP contribution in [0, 0.1) is 12.3 Å². The first-order chi connectivity index (χ1) is 8.56. The average Bonchev–Trinajstić information content (AvgIpc) is 2.30. The van der Waals surface area contributed by atoms with E-state index >= 15 is 0 Å². The van der Waals surface area contributed by atoms with Gasteiger partial charge in [-0.1, -0.05) is 15.9 Å². The van der Waals surface area contributed by atoms with E-state index < -0.39 is 21.4 Å². The maximum atomic E-state index is 12.0. The summed E-state index contributed by atoms with van der Waals surface area (Å²) in [7, 11) is -3.70. The first kappa shape index (κ1) is 16.1. The molecule has 0 saturated heterocycles. The Morgan fingerprint density at radius 1 is 1.42 bits per heavy atom. The summed E-state index contributed by atoms with van der Waals surface area (Å²) in [6.07, 6.45) is 0. The zero-order chi connectivity index (χ0) is 14.8. The molecule has 0 heterocycles. The van der Waals surface area contributed by atoms with Crippen molar-refractivity contribution in [1.82, 2.24) is 4.72 Å². The minimum atomic E-state index is -3.70. The van der Waals surface area contributed by atoms with Crippen molar-refractivity contribution in [2.45, 2.75) is 25.7 Å². The zero-order valence-corrected chi connectivity index (χ0v) is 13.3. The number of sulfonamides is 1. The lowest BCUT2D eigenvalue weighted by atomic mass is 9.95. The van der Waals surface area contributed by atoms with Crippen molar-refractivity contribution >= 4 is 31.9 Å². The van der Waals surface area contributed by atoms with Gasteiger partial charge < -0.3 is 5.11 Å². The third kappa shape index (κ3) is 4.02. The number of carbonyl (C=O) groups is 1. The largest absolute Gasteiger partial charge is 0.481 e. The van der Waals surface area contributed by atoms with E-state index in [1.165, 1.54) is 26.0 Å². The van der Waals surface area contributed by atoms with Crippen LogP contribution in [0.1, 0.15) is 19.4 Å². The fraction of sp³-hybridized carbons (Fsp3) is 0.417. The van der Waals surface area contributed by atoms with Crippen molar-refractivity contribution in [2.24, 2.45) is 5.41 Å². The third-order valence-corrected chi connectivity index (χ3v) is 5.01. The van der Waals surface area contributed by atoms with Crippen LogP contribution in [0.2, 0.25) is 0 Å². The molecule has 7 heteroatoms. The predicted molar refractivity (Wildman–Crippen MR) is 75.5 cm³/mol. The van der Waals surface area contributed by atoms with Crippen LogP contribution in [0.3, 0.4) is 0 Å². The van der Waals surface area contributed by atoms with Gasteiger partial charge in [-0.25, -0.2) is 13.1 Å². The van der Waals surface area contributed by atoms with Crippen molar-refractivity contribution in [2.75, 3.05) is 6.54 Å². The summed E-state index contributed by atoms with van der Waals surface area (Å²) in [6.45, 7) is 4.54. The highest BCUT2D eigenvalue weighted by atomic mass is 79.9. The van der Waals surface area contributed by atoms with Gasteiger partial charge in [0.05, 0.1) is 10.3 Å². The molecular weight excluding hydrogens is 334 g/mol. The number of hydrogen-bond acceptors (Lipinski definition) is 3. The molecule has 1 rings (SSSR count). The number of halogens is 1. The van der Waals surface area contributed by atoms with Gasteiger partial charge in [0, 0.05) is 11.0 Å². The second-order valence-electron chi connectivity index (χ2n) is 4.92. The highest BCUT2D eigenvalue weighted by Crippen LogP contribution is 2.21. The maximum absolute atomic E-state index is 12.0. The van der Waals surface area contributed by atoms with Gasteiger partial charge >= 0.3 is 5.97 Å². The number of aliphatic carboxylic acids is 1. The third-order valence-electron chi connectivity index (χ3n) is 2.72. The number of benzene rings is 1. The van der Waals surface area contributed by atoms with Crippen molar-refractivity contribution in [3.05, 3.63) is 28.2 Å². The van der Waals surface area contributed by atoms with Crippen LogP contribution in [0.25, 0.3) is 0 Å². The number of rotatable bonds is 5. The molecule has 19 heavy (non-hydrogen) atoms. The van der Waals surface area contributed by atoms with Gasteiger partial charge in [0.2, 0.25) is 10.0 Å². The summed E-state index contributed by atoms with van der Waals surface area (Å²) >= 11 is 3.29. The van der Waals surface area contributed by atoms with Crippen LogP contribution < -0.4 is 4.72 Å². The number of nitrogens with one attached hydrogen (secondary N) is 1. The van der Waals surface area contributed by atoms with Gasteiger partial charge in [-0.2, -0.15) is 0 Å². The molecule has 1 aromatic carbocycles. The summed E-state index contributed by atoms with van der Waals surface area (Å²) < 4.78 is 27.2. The lowest BCUT2D eigenvalue weighted by molar-refractivity contribution is -0.146. The lowest BCUT2D eigenvalue weighted by Crippen LogP contribution is -2.38. The van der Waals surface area contributed by atoms with E-state index in [0.29, 0.717) is 0 Å². The molecule has 0 aliphatic carbocycles. The van der Waals surface area contributed by atoms with Crippen LogP contribution >= 0.6 is 15.9 Å². The Morgan fingerprint density at radius 2 is 2.00 bits per heavy atom. The second kappa shape index (κ2) is 5.60. The minimum Gasteiger partial charge on any atom is -0.481 e. The van der Waals surface area contributed by atoms with E-state index in [0.717, 1.165) is 10.0 Å². The van der Waals surface area contributed by atoms with E-state index in [-0.39, 0.29) is 11.4 Å². The SMILES string of the molecule is Cc1cc(S(=O)(=O)NCC(C)(C)C(=O)O)ccc1Br. The Balaban J connectivity index is 2.93. The van der Waals surface area contributed by atoms with Crippen LogP contribution in [-0.2, 0) is 14.8 Å². The van der Waals surface area contributed by atoms with Gasteiger partial charge in [-0.05, 0) is 44.5 Å². The number of carboxylic acid groups (broad SMARTS) is 1. The van der Waals surface area contributed by atoms with Crippen LogP contribution in [0.4, 0.5) is 0 Å². The van der Waals surface area contributed by atoms with Crippen molar-refractivity contribution in [1.29, 1.82) is 0 Å². The molecule has 0 radical (unpaired) electrons. The number of hydrogen-bond donors (Lipinski definition) is 2. The zero-order valence-electron chi connectivity index (χ0n) is 10.9. The van der Waals surface area contributed by atoms with E-state index in [1.807, 2.05) is 0 Å². The quantitative estimate of drug-likeness (QED) is 0.852. The van der Waals surface area contributed by atoms with Gasteiger partial charge in [-0.3, -0.25) is 4.79 Å². The molecule has 0 saturated carbocycles. The molecule has 0 aliphatic heterocycles. The molecule has 0 amide bonds. The molecule has 0 bridgehead atoms. The molecule has 106 valence electrons. The number of carboxylic acids is 1. The second-order valence-corrected chi connectivity index (χ2v) is 7.55. The van der Waals surface area contributed by atoms with Crippen molar-refractivity contribution < 1.29 is 18.3 Å².